The first-order valence-electron chi connectivity index (χ1n) is 1.65. The summed E-state index contributed by atoms with van der Waals surface area (Å²) in [6.07, 6.45) is 0. The molecule has 0 bridgehead atoms. The van der Waals surface area contributed by atoms with E-state index in [1.807, 2.05) is 0 Å². The van der Waals surface area contributed by atoms with E-state index in [-0.39, 0.29) is 4.49 Å². The van der Waals surface area contributed by atoms with E-state index in [0.717, 1.165) is 5.54 Å². The van der Waals surface area contributed by atoms with Gasteiger partial charge in [-0.05, 0) is 0 Å². The van der Waals surface area contributed by atoms with E-state index in [4.69, 9.17) is 58.0 Å². The summed E-state index contributed by atoms with van der Waals surface area (Å²) in [5, 5.41) is 0. The molecule has 5 heteroatoms. The minimum Gasteiger partial charge on any atom is -0.0920 e. The first-order chi connectivity index (χ1) is 4.18. The highest BCUT2D eigenvalue weighted by Crippen LogP contribution is 2.05. The summed E-state index contributed by atoms with van der Waals surface area (Å²) < 4.78 is 0.0895. The van der Waals surface area contributed by atoms with Gasteiger partial charge >= 0.3 is 0 Å². The predicted molar refractivity (Wildman–Crippen MR) is 46.5 cm³/mol. The number of hydrogen-bond donors (Lipinski definition) is 0. The van der Waals surface area contributed by atoms with Crippen LogP contribution in [0.15, 0.2) is 21.1 Å². The van der Waals surface area contributed by atoms with Crippen molar-refractivity contribution in [3.05, 3.63) is 21.1 Å². The molecule has 0 aliphatic carbocycles. The van der Waals surface area contributed by atoms with Crippen molar-refractivity contribution in [3.63, 3.8) is 0 Å². The largest absolute Gasteiger partial charge is 0.118 e. The zero-order valence-electron chi connectivity index (χ0n) is 4.12. The second kappa shape index (κ2) is 11.7. The first kappa shape index (κ1) is 12.6. The van der Waals surface area contributed by atoms with E-state index in [1.54, 1.807) is 0 Å². The van der Waals surface area contributed by atoms with Crippen LogP contribution in [0.3, 0.4) is 0 Å². The van der Waals surface area contributed by atoms with E-state index in [9.17, 15) is 0 Å². The van der Waals surface area contributed by atoms with E-state index in [1.165, 1.54) is 11.1 Å². The van der Waals surface area contributed by atoms with Gasteiger partial charge in [-0.2, -0.15) is 0 Å². The molecule has 0 saturated carbocycles. The SMILES string of the molecule is Cl/C=C/Cl.ClC=C(Cl)Cl. The van der Waals surface area contributed by atoms with Crippen LogP contribution in [-0.4, -0.2) is 0 Å². The topological polar surface area (TPSA) is 0 Å². The van der Waals surface area contributed by atoms with Crippen LogP contribution in [0.4, 0.5) is 0 Å². The van der Waals surface area contributed by atoms with Crippen LogP contribution in [0, 0.1) is 0 Å². The average Bonchev–Trinajstić information content (AvgIpc) is 1.89. The third kappa shape index (κ3) is 27.8. The van der Waals surface area contributed by atoms with Gasteiger partial charge in [-0.15, -0.1) is 0 Å². The smallest absolute Gasteiger partial charge is 0.0920 e. The maximum Gasteiger partial charge on any atom is 0.118 e. The van der Waals surface area contributed by atoms with Crippen LogP contribution in [0.1, 0.15) is 0 Å². The maximum atomic E-state index is 4.96. The van der Waals surface area contributed by atoms with Gasteiger partial charge in [0.2, 0.25) is 0 Å². The molecule has 0 rings (SSSR count). The zero-order valence-corrected chi connectivity index (χ0v) is 7.90. The molecular weight excluding hydrogens is 225 g/mol. The molecule has 54 valence electrons. The van der Waals surface area contributed by atoms with E-state index in [2.05, 4.69) is 0 Å². The molecule has 0 unspecified atom stereocenters. The summed E-state index contributed by atoms with van der Waals surface area (Å²) in [6.45, 7) is 0. The minimum atomic E-state index is 0.0895. The third-order valence-electron chi connectivity index (χ3n) is 0.130. The second-order valence-electron chi connectivity index (χ2n) is 0.651. The molecular formula is C4H3Cl5. The highest BCUT2D eigenvalue weighted by molar-refractivity contribution is 6.58. The van der Waals surface area contributed by atoms with Gasteiger partial charge < -0.3 is 0 Å². The molecule has 0 amide bonds. The van der Waals surface area contributed by atoms with Gasteiger partial charge in [-0.3, -0.25) is 0 Å². The Morgan fingerprint density at radius 3 is 1.11 bits per heavy atom. The molecule has 0 aliphatic heterocycles. The van der Waals surface area contributed by atoms with Crippen molar-refractivity contribution in [1.29, 1.82) is 0 Å². The van der Waals surface area contributed by atoms with Gasteiger partial charge in [0.25, 0.3) is 0 Å². The Morgan fingerprint density at radius 2 is 1.11 bits per heavy atom. The normalized spacial score (nSPS) is 8.11. The van der Waals surface area contributed by atoms with Gasteiger partial charge in [0, 0.05) is 16.6 Å². The third-order valence-corrected chi connectivity index (χ3v) is 1.17. The molecule has 0 atom stereocenters. The molecule has 0 aromatic rings. The van der Waals surface area contributed by atoms with Crippen LogP contribution in [-0.2, 0) is 0 Å². The van der Waals surface area contributed by atoms with Gasteiger partial charge in [0.05, 0.1) is 0 Å². The summed E-state index contributed by atoms with van der Waals surface area (Å²) in [7, 11) is 0. The summed E-state index contributed by atoms with van der Waals surface area (Å²) >= 11 is 24.6. The fourth-order valence-electron chi connectivity index (χ4n) is 0. The monoisotopic (exact) mass is 226 g/mol. The molecule has 0 radical (unpaired) electrons. The van der Waals surface area contributed by atoms with Crippen molar-refractivity contribution in [3.8, 4) is 0 Å². The fourth-order valence-corrected chi connectivity index (χ4v) is 0. The summed E-state index contributed by atoms with van der Waals surface area (Å²) in [5.41, 5.74) is 3.56. The molecule has 0 nitrogen and oxygen atoms in total. The molecule has 0 aliphatic rings. The Labute approximate surface area is 79.0 Å². The summed E-state index contributed by atoms with van der Waals surface area (Å²) in [6, 6.07) is 0. The predicted octanol–water partition coefficient (Wildman–Crippen LogP) is 4.44. The molecule has 0 aromatic carbocycles. The lowest BCUT2D eigenvalue weighted by molar-refractivity contribution is 2.36. The standard InChI is InChI=1S/C2HCl3.C2H2Cl2/c3-1-2(4)5;3-1-2-4/h1H;1-2H/b;2-1+. The lowest BCUT2D eigenvalue weighted by Crippen LogP contribution is -1.33. The molecule has 0 aromatic heterocycles. The zero-order chi connectivity index (χ0) is 7.70. The van der Waals surface area contributed by atoms with Gasteiger partial charge in [-0.1, -0.05) is 58.0 Å². The van der Waals surface area contributed by atoms with Crippen LogP contribution < -0.4 is 0 Å². The Hall–Kier alpha value is 0.930. The fraction of sp³-hybridized carbons (Fsp3) is 0. The van der Waals surface area contributed by atoms with Crippen molar-refractivity contribution < 1.29 is 0 Å². The molecule has 9 heavy (non-hydrogen) atoms. The average molecular weight is 228 g/mol. The van der Waals surface area contributed by atoms with Crippen molar-refractivity contribution in [2.75, 3.05) is 0 Å². The van der Waals surface area contributed by atoms with Crippen molar-refractivity contribution in [2.45, 2.75) is 0 Å². The Balaban J connectivity index is 0. The van der Waals surface area contributed by atoms with Crippen LogP contribution in [0.25, 0.3) is 0 Å². The number of halogens is 5. The van der Waals surface area contributed by atoms with Crippen LogP contribution in [0.2, 0.25) is 0 Å². The van der Waals surface area contributed by atoms with Crippen molar-refractivity contribution in [1.82, 2.24) is 0 Å². The Bertz CT molecular complexity index is 87.1. The van der Waals surface area contributed by atoms with Crippen LogP contribution >= 0.6 is 58.0 Å². The molecule has 0 saturated heterocycles. The highest BCUT2D eigenvalue weighted by Gasteiger charge is 1.70. The quantitative estimate of drug-likeness (QED) is 0.575. The van der Waals surface area contributed by atoms with Crippen LogP contribution in [0.5, 0.6) is 0 Å². The summed E-state index contributed by atoms with van der Waals surface area (Å²) in [4.78, 5) is 0. The molecule has 0 spiro atoms. The molecule has 0 heterocycles. The van der Waals surface area contributed by atoms with E-state index >= 15 is 0 Å². The van der Waals surface area contributed by atoms with Gasteiger partial charge in [0.1, 0.15) is 4.49 Å². The number of hydrogen-bond acceptors (Lipinski definition) is 0. The second-order valence-corrected chi connectivity index (χ2v) is 2.38. The van der Waals surface area contributed by atoms with Crippen molar-refractivity contribution in [2.24, 2.45) is 0 Å². The number of rotatable bonds is 0. The summed E-state index contributed by atoms with van der Waals surface area (Å²) in [5.74, 6) is 0. The molecule has 0 fully saturated rings. The Kier molecular flexibility index (Phi) is 16.4. The minimum absolute atomic E-state index is 0.0895. The molecule has 0 N–H and O–H groups in total. The van der Waals surface area contributed by atoms with E-state index in [0.29, 0.717) is 0 Å². The highest BCUT2D eigenvalue weighted by atomic mass is 35.5. The first-order valence-corrected chi connectivity index (χ1v) is 3.72. The van der Waals surface area contributed by atoms with E-state index < -0.39 is 0 Å². The lowest BCUT2D eigenvalue weighted by atomic mass is 11.2. The Morgan fingerprint density at radius 1 is 0.889 bits per heavy atom. The van der Waals surface area contributed by atoms with Gasteiger partial charge in [0.15, 0.2) is 0 Å². The lowest BCUT2D eigenvalue weighted by Gasteiger charge is -1.64. The van der Waals surface area contributed by atoms with Crippen molar-refractivity contribution >= 4 is 58.0 Å². The maximum absolute atomic E-state index is 4.96. The van der Waals surface area contributed by atoms with Gasteiger partial charge in [-0.25, -0.2) is 0 Å².